The van der Waals surface area contributed by atoms with Gasteiger partial charge in [0.1, 0.15) is 12.4 Å². The highest BCUT2D eigenvalue weighted by atomic mass is 16.6. The summed E-state index contributed by atoms with van der Waals surface area (Å²) in [6.07, 6.45) is 4.00. The summed E-state index contributed by atoms with van der Waals surface area (Å²) in [4.78, 5) is 25.4. The first-order chi connectivity index (χ1) is 15.9. The highest BCUT2D eigenvalue weighted by Gasteiger charge is 2.42. The minimum absolute atomic E-state index is 0.0414. The molecule has 8 nitrogen and oxygen atoms in total. The second-order valence-corrected chi connectivity index (χ2v) is 10.1. The van der Waals surface area contributed by atoms with Crippen LogP contribution in [0.1, 0.15) is 56.3 Å². The Hall–Kier alpha value is -2.71. The molecule has 2 aromatic rings. The summed E-state index contributed by atoms with van der Waals surface area (Å²) in [5.74, 6) is 1.14. The maximum atomic E-state index is 12.2. The molecule has 176 valence electrons. The zero-order valence-electron chi connectivity index (χ0n) is 19.8. The van der Waals surface area contributed by atoms with Crippen LogP contribution in [-0.4, -0.2) is 53.2 Å². The average molecular weight is 451 g/mol. The number of rotatable bonds is 6. The Labute approximate surface area is 195 Å². The summed E-state index contributed by atoms with van der Waals surface area (Å²) in [7, 11) is 0. The van der Waals surface area contributed by atoms with Gasteiger partial charge in [0, 0.05) is 31.9 Å². The van der Waals surface area contributed by atoms with E-state index in [2.05, 4.69) is 56.7 Å². The number of anilines is 2. The molecule has 2 saturated heterocycles. The predicted molar refractivity (Wildman–Crippen MR) is 128 cm³/mol. The molecule has 1 spiro atoms. The van der Waals surface area contributed by atoms with Gasteiger partial charge in [-0.3, -0.25) is 9.80 Å². The summed E-state index contributed by atoms with van der Waals surface area (Å²) in [6.45, 7) is 12.0. The van der Waals surface area contributed by atoms with E-state index in [-0.39, 0.29) is 24.8 Å². The van der Waals surface area contributed by atoms with Gasteiger partial charge in [0.15, 0.2) is 0 Å². The van der Waals surface area contributed by atoms with Gasteiger partial charge in [0.2, 0.25) is 5.95 Å². The number of nitrogens with zero attached hydrogens (tertiary/aromatic N) is 4. The molecule has 0 radical (unpaired) electrons. The van der Waals surface area contributed by atoms with Crippen LogP contribution in [-0.2, 0) is 17.9 Å². The highest BCUT2D eigenvalue weighted by molar-refractivity contribution is 5.89. The van der Waals surface area contributed by atoms with Crippen LogP contribution >= 0.6 is 0 Å². The molecular weight excluding hydrogens is 416 g/mol. The van der Waals surface area contributed by atoms with Crippen LogP contribution < -0.4 is 15.5 Å². The Balaban J connectivity index is 1.20. The number of nitrogens with one attached hydrogen (secondary N) is 2. The molecule has 8 heteroatoms. The van der Waals surface area contributed by atoms with Crippen molar-refractivity contribution in [1.82, 2.24) is 20.2 Å². The quantitative estimate of drug-likeness (QED) is 0.694. The number of amides is 1. The number of carbonyl (C=O) groups is 1. The minimum atomic E-state index is -0.362. The van der Waals surface area contributed by atoms with Crippen molar-refractivity contribution in [2.24, 2.45) is 5.41 Å². The molecule has 2 fully saturated rings. The molecule has 5 rings (SSSR count). The molecule has 0 aliphatic carbocycles. The third-order valence-corrected chi connectivity index (χ3v) is 7.15. The molecule has 3 aliphatic rings. The number of hydrogen-bond acceptors (Lipinski definition) is 7. The summed E-state index contributed by atoms with van der Waals surface area (Å²) >= 11 is 0. The van der Waals surface area contributed by atoms with Crippen LogP contribution in [0.15, 0.2) is 30.5 Å². The Morgan fingerprint density at radius 3 is 2.58 bits per heavy atom. The van der Waals surface area contributed by atoms with Crippen molar-refractivity contribution >= 4 is 17.9 Å². The SMILES string of the molecule is CC(Nc1ncc2c(n1)N(C(C)C)C(=O)OC2)c1ccc(CN2CC3(CCNCC3)C2)cc1. The Bertz CT molecular complexity index is 994. The van der Waals surface area contributed by atoms with Gasteiger partial charge in [-0.2, -0.15) is 4.98 Å². The normalized spacial score (nSPS) is 20.8. The average Bonchev–Trinajstić information content (AvgIpc) is 2.78. The van der Waals surface area contributed by atoms with E-state index in [1.807, 2.05) is 13.8 Å². The first kappa shape index (κ1) is 22.1. The number of ether oxygens (including phenoxy) is 1. The molecule has 4 heterocycles. The molecule has 0 bridgehead atoms. The number of hydrogen-bond donors (Lipinski definition) is 2. The summed E-state index contributed by atoms with van der Waals surface area (Å²) in [6, 6.07) is 8.82. The van der Waals surface area contributed by atoms with Crippen LogP contribution in [0.2, 0.25) is 0 Å². The van der Waals surface area contributed by atoms with Crippen LogP contribution in [0.4, 0.5) is 16.6 Å². The zero-order chi connectivity index (χ0) is 23.0. The lowest BCUT2D eigenvalue weighted by Gasteiger charge is -2.52. The lowest BCUT2D eigenvalue weighted by molar-refractivity contribution is -0.0282. The number of aromatic nitrogens is 2. The van der Waals surface area contributed by atoms with E-state index in [0.717, 1.165) is 12.1 Å². The van der Waals surface area contributed by atoms with Gasteiger partial charge in [-0.1, -0.05) is 24.3 Å². The number of cyclic esters (lactones) is 1. The van der Waals surface area contributed by atoms with Crippen molar-refractivity contribution in [3.8, 4) is 0 Å². The van der Waals surface area contributed by atoms with Gasteiger partial charge in [-0.25, -0.2) is 9.78 Å². The van der Waals surface area contributed by atoms with Crippen molar-refractivity contribution in [2.75, 3.05) is 36.4 Å². The molecule has 1 amide bonds. The molecule has 2 N–H and O–H groups in total. The van der Waals surface area contributed by atoms with Gasteiger partial charge in [0.25, 0.3) is 0 Å². The molecular formula is C25H34N6O2. The van der Waals surface area contributed by atoms with Crippen LogP contribution in [0.25, 0.3) is 0 Å². The predicted octanol–water partition coefficient (Wildman–Crippen LogP) is 3.70. The Kier molecular flexibility index (Phi) is 5.97. The zero-order valence-corrected chi connectivity index (χ0v) is 19.8. The summed E-state index contributed by atoms with van der Waals surface area (Å²) in [5.41, 5.74) is 3.92. The molecule has 3 aliphatic heterocycles. The van der Waals surface area contributed by atoms with E-state index in [1.165, 1.54) is 50.1 Å². The van der Waals surface area contributed by atoms with E-state index in [0.29, 0.717) is 17.2 Å². The highest BCUT2D eigenvalue weighted by Crippen LogP contribution is 2.39. The fraction of sp³-hybridized carbons (Fsp3) is 0.560. The van der Waals surface area contributed by atoms with E-state index >= 15 is 0 Å². The Morgan fingerprint density at radius 1 is 1.15 bits per heavy atom. The van der Waals surface area contributed by atoms with E-state index in [9.17, 15) is 4.79 Å². The van der Waals surface area contributed by atoms with Crippen molar-refractivity contribution in [3.63, 3.8) is 0 Å². The molecule has 1 aromatic carbocycles. The summed E-state index contributed by atoms with van der Waals surface area (Å²) in [5, 5.41) is 6.86. The van der Waals surface area contributed by atoms with Crippen molar-refractivity contribution in [3.05, 3.63) is 47.2 Å². The maximum Gasteiger partial charge on any atom is 0.416 e. The lowest BCUT2D eigenvalue weighted by atomic mass is 9.72. The standard InChI is InChI=1S/C25H34N6O2/c1-17(2)31-22-21(14-33-24(31)32)12-27-23(29-22)28-18(3)20-6-4-19(5-7-20)13-30-15-25(16-30)8-10-26-11-9-25/h4-7,12,17-18,26H,8-11,13-16H2,1-3H3,(H,27,28,29). The number of fused-ring (bicyclic) bond motifs is 1. The molecule has 1 unspecified atom stereocenters. The first-order valence-electron chi connectivity index (χ1n) is 12.0. The topological polar surface area (TPSA) is 82.6 Å². The largest absolute Gasteiger partial charge is 0.444 e. The van der Waals surface area contributed by atoms with E-state index < -0.39 is 0 Å². The third kappa shape index (κ3) is 4.54. The molecule has 33 heavy (non-hydrogen) atoms. The fourth-order valence-corrected chi connectivity index (χ4v) is 5.26. The molecule has 1 aromatic heterocycles. The fourth-order valence-electron chi connectivity index (χ4n) is 5.26. The summed E-state index contributed by atoms with van der Waals surface area (Å²) < 4.78 is 5.23. The van der Waals surface area contributed by atoms with Crippen molar-refractivity contribution < 1.29 is 9.53 Å². The molecule has 0 saturated carbocycles. The van der Waals surface area contributed by atoms with Crippen molar-refractivity contribution in [2.45, 2.75) is 58.8 Å². The van der Waals surface area contributed by atoms with Crippen molar-refractivity contribution in [1.29, 1.82) is 0 Å². The van der Waals surface area contributed by atoms with Crippen LogP contribution in [0, 0.1) is 5.41 Å². The first-order valence-corrected chi connectivity index (χ1v) is 12.0. The third-order valence-electron chi connectivity index (χ3n) is 7.15. The van der Waals surface area contributed by atoms with Crippen LogP contribution in [0.3, 0.4) is 0 Å². The number of piperidine rings is 1. The van der Waals surface area contributed by atoms with Gasteiger partial charge in [-0.05, 0) is 63.2 Å². The maximum absolute atomic E-state index is 12.2. The number of carbonyl (C=O) groups excluding carboxylic acids is 1. The van der Waals surface area contributed by atoms with Gasteiger partial charge in [0.05, 0.1) is 11.6 Å². The monoisotopic (exact) mass is 450 g/mol. The van der Waals surface area contributed by atoms with E-state index in [1.54, 1.807) is 11.1 Å². The second-order valence-electron chi connectivity index (χ2n) is 10.1. The lowest BCUT2D eigenvalue weighted by Crippen LogP contribution is -2.59. The molecule has 1 atom stereocenters. The smallest absolute Gasteiger partial charge is 0.416 e. The number of likely N-dealkylation sites (tertiary alicyclic amines) is 1. The van der Waals surface area contributed by atoms with Gasteiger partial charge >= 0.3 is 6.09 Å². The second kappa shape index (κ2) is 8.91. The Morgan fingerprint density at radius 2 is 1.88 bits per heavy atom. The van der Waals surface area contributed by atoms with Gasteiger partial charge in [-0.15, -0.1) is 0 Å². The van der Waals surface area contributed by atoms with Gasteiger partial charge < -0.3 is 15.4 Å². The van der Waals surface area contributed by atoms with Crippen LogP contribution in [0.5, 0.6) is 0 Å². The van der Waals surface area contributed by atoms with E-state index in [4.69, 9.17) is 4.74 Å². The number of benzene rings is 1. The minimum Gasteiger partial charge on any atom is -0.444 e.